The molecule has 0 heterocycles. The van der Waals surface area contributed by atoms with E-state index in [1.807, 2.05) is 0 Å². The summed E-state index contributed by atoms with van der Waals surface area (Å²) in [6, 6.07) is 3.16. The number of alkyl halides is 3. The molecule has 1 aromatic carbocycles. The molecule has 0 unspecified atom stereocenters. The van der Waals surface area contributed by atoms with Gasteiger partial charge in [0.15, 0.2) is 0 Å². The second-order valence-electron chi connectivity index (χ2n) is 5.13. The fourth-order valence-electron chi connectivity index (χ4n) is 1.88. The van der Waals surface area contributed by atoms with Crippen molar-refractivity contribution < 1.29 is 27.6 Å². The molecule has 0 spiro atoms. The van der Waals surface area contributed by atoms with Gasteiger partial charge in [-0.25, -0.2) is 0 Å². The molecule has 0 aromatic heterocycles. The number of benzene rings is 1. The van der Waals surface area contributed by atoms with E-state index in [-0.39, 0.29) is 25.0 Å². The van der Waals surface area contributed by atoms with Crippen LogP contribution in [0.1, 0.15) is 30.9 Å². The maximum absolute atomic E-state index is 12.4. The SMILES string of the molecule is CC(=O)CC[C@H](NC(=O)Cc1ccc(C(F)(F)F)cc1)C(N)=O. The third-order valence-electron chi connectivity index (χ3n) is 3.11. The molecule has 5 nitrogen and oxygen atoms in total. The summed E-state index contributed by atoms with van der Waals surface area (Å²) in [4.78, 5) is 34.0. The Bertz CT molecular complexity index is 583. The van der Waals surface area contributed by atoms with Crippen LogP contribution >= 0.6 is 0 Å². The monoisotopic (exact) mass is 330 g/mol. The van der Waals surface area contributed by atoms with Crippen LogP contribution in [-0.4, -0.2) is 23.6 Å². The molecule has 0 saturated carbocycles. The summed E-state index contributed by atoms with van der Waals surface area (Å²) in [6.45, 7) is 1.35. The van der Waals surface area contributed by atoms with E-state index in [9.17, 15) is 27.6 Å². The van der Waals surface area contributed by atoms with Crippen molar-refractivity contribution >= 4 is 17.6 Å². The van der Waals surface area contributed by atoms with Gasteiger partial charge in [0.2, 0.25) is 11.8 Å². The molecular weight excluding hydrogens is 313 g/mol. The first kappa shape index (κ1) is 18.7. The van der Waals surface area contributed by atoms with Crippen LogP contribution < -0.4 is 11.1 Å². The van der Waals surface area contributed by atoms with Crippen LogP contribution in [0.5, 0.6) is 0 Å². The third kappa shape index (κ3) is 6.50. The van der Waals surface area contributed by atoms with Gasteiger partial charge in [0.25, 0.3) is 0 Å². The third-order valence-corrected chi connectivity index (χ3v) is 3.11. The van der Waals surface area contributed by atoms with Gasteiger partial charge in [-0.1, -0.05) is 12.1 Å². The lowest BCUT2D eigenvalue weighted by atomic mass is 10.1. The summed E-state index contributed by atoms with van der Waals surface area (Å²) < 4.78 is 37.3. The Kier molecular flexibility index (Phi) is 6.29. The molecule has 0 bridgehead atoms. The topological polar surface area (TPSA) is 89.3 Å². The summed E-state index contributed by atoms with van der Waals surface area (Å²) >= 11 is 0. The van der Waals surface area contributed by atoms with Crippen molar-refractivity contribution in [1.29, 1.82) is 0 Å². The van der Waals surface area contributed by atoms with Crippen molar-refractivity contribution in [3.8, 4) is 0 Å². The first-order valence-electron chi connectivity index (χ1n) is 6.84. The van der Waals surface area contributed by atoms with E-state index in [0.29, 0.717) is 5.56 Å². The fourth-order valence-corrected chi connectivity index (χ4v) is 1.88. The number of ketones is 1. The second-order valence-corrected chi connectivity index (χ2v) is 5.13. The zero-order valence-corrected chi connectivity index (χ0v) is 12.4. The highest BCUT2D eigenvalue weighted by molar-refractivity contribution is 5.88. The molecule has 0 fully saturated rings. The van der Waals surface area contributed by atoms with Gasteiger partial charge in [0.05, 0.1) is 12.0 Å². The largest absolute Gasteiger partial charge is 0.416 e. The molecule has 0 radical (unpaired) electrons. The molecule has 8 heteroatoms. The average molecular weight is 330 g/mol. The number of carbonyl (C=O) groups excluding carboxylic acids is 3. The highest BCUT2D eigenvalue weighted by atomic mass is 19.4. The molecule has 23 heavy (non-hydrogen) atoms. The Morgan fingerprint density at radius 1 is 1.17 bits per heavy atom. The summed E-state index contributed by atoms with van der Waals surface area (Å²) in [5, 5.41) is 2.38. The molecule has 0 aliphatic carbocycles. The van der Waals surface area contributed by atoms with E-state index in [4.69, 9.17) is 5.73 Å². The van der Waals surface area contributed by atoms with Crippen molar-refractivity contribution in [3.63, 3.8) is 0 Å². The highest BCUT2D eigenvalue weighted by Gasteiger charge is 2.30. The van der Waals surface area contributed by atoms with Gasteiger partial charge in [-0.15, -0.1) is 0 Å². The number of halogens is 3. The molecule has 0 saturated heterocycles. The zero-order valence-electron chi connectivity index (χ0n) is 12.4. The fraction of sp³-hybridized carbons (Fsp3) is 0.400. The molecule has 2 amide bonds. The molecule has 1 aromatic rings. The van der Waals surface area contributed by atoms with Crippen LogP contribution in [0, 0.1) is 0 Å². The number of rotatable bonds is 7. The van der Waals surface area contributed by atoms with Crippen molar-refractivity contribution in [2.75, 3.05) is 0 Å². The Hall–Kier alpha value is -2.38. The maximum atomic E-state index is 12.4. The number of nitrogens with one attached hydrogen (secondary N) is 1. The first-order valence-corrected chi connectivity index (χ1v) is 6.84. The smallest absolute Gasteiger partial charge is 0.368 e. The molecule has 126 valence electrons. The van der Waals surface area contributed by atoms with Gasteiger partial charge in [0, 0.05) is 6.42 Å². The van der Waals surface area contributed by atoms with Gasteiger partial charge in [-0.2, -0.15) is 13.2 Å². The number of hydrogen-bond donors (Lipinski definition) is 2. The van der Waals surface area contributed by atoms with Crippen LogP contribution in [-0.2, 0) is 27.0 Å². The summed E-state index contributed by atoms with van der Waals surface area (Å²) in [6.07, 6.45) is -4.45. The Balaban J connectivity index is 2.64. The van der Waals surface area contributed by atoms with Gasteiger partial charge in [-0.05, 0) is 31.0 Å². The van der Waals surface area contributed by atoms with E-state index >= 15 is 0 Å². The molecule has 0 aliphatic heterocycles. The van der Waals surface area contributed by atoms with Crippen LogP contribution in [0.2, 0.25) is 0 Å². The summed E-state index contributed by atoms with van der Waals surface area (Å²) in [5.41, 5.74) is 4.70. The molecule has 0 aliphatic rings. The molecule has 1 atom stereocenters. The normalized spacial score (nSPS) is 12.5. The van der Waals surface area contributed by atoms with E-state index in [1.54, 1.807) is 0 Å². The lowest BCUT2D eigenvalue weighted by Gasteiger charge is -2.15. The quantitative estimate of drug-likeness (QED) is 0.795. The predicted octanol–water partition coefficient (Wildman–Crippen LogP) is 1.59. The number of carbonyl (C=O) groups is 3. The van der Waals surface area contributed by atoms with E-state index in [0.717, 1.165) is 12.1 Å². The van der Waals surface area contributed by atoms with Crippen LogP contribution in [0.4, 0.5) is 13.2 Å². The van der Waals surface area contributed by atoms with Gasteiger partial charge >= 0.3 is 6.18 Å². The van der Waals surface area contributed by atoms with Gasteiger partial charge in [-0.3, -0.25) is 9.59 Å². The minimum atomic E-state index is -4.44. The Morgan fingerprint density at radius 2 is 1.74 bits per heavy atom. The standard InChI is InChI=1S/C15H17F3N2O3/c1-9(21)2-7-12(14(19)23)20-13(22)8-10-3-5-11(6-4-10)15(16,17)18/h3-6,12H,2,7-8H2,1H3,(H2,19,23)(H,20,22)/t12-/m0/s1. The highest BCUT2D eigenvalue weighted by Crippen LogP contribution is 2.29. The van der Waals surface area contributed by atoms with E-state index in [1.165, 1.54) is 19.1 Å². The molecule has 3 N–H and O–H groups in total. The Labute approximate surface area is 131 Å². The van der Waals surface area contributed by atoms with Gasteiger partial charge in [0.1, 0.15) is 11.8 Å². The van der Waals surface area contributed by atoms with Crippen LogP contribution in [0.15, 0.2) is 24.3 Å². The summed E-state index contributed by atoms with van der Waals surface area (Å²) in [7, 11) is 0. The lowest BCUT2D eigenvalue weighted by molar-refractivity contribution is -0.137. The van der Waals surface area contributed by atoms with E-state index in [2.05, 4.69) is 5.32 Å². The summed E-state index contributed by atoms with van der Waals surface area (Å²) in [5.74, 6) is -1.47. The number of Topliss-reactive ketones (excluding diaryl/α,β-unsaturated/α-hetero) is 1. The van der Waals surface area contributed by atoms with E-state index < -0.39 is 29.6 Å². The lowest BCUT2D eigenvalue weighted by Crippen LogP contribution is -2.45. The maximum Gasteiger partial charge on any atom is 0.416 e. The second kappa shape index (κ2) is 7.75. The molecule has 1 rings (SSSR count). The van der Waals surface area contributed by atoms with Gasteiger partial charge < -0.3 is 15.8 Å². The number of nitrogens with two attached hydrogens (primary N) is 1. The van der Waals surface area contributed by atoms with Crippen molar-refractivity contribution in [3.05, 3.63) is 35.4 Å². The first-order chi connectivity index (χ1) is 10.6. The van der Waals surface area contributed by atoms with Crippen molar-refractivity contribution in [1.82, 2.24) is 5.32 Å². The Morgan fingerprint density at radius 3 is 2.17 bits per heavy atom. The van der Waals surface area contributed by atoms with Crippen molar-refractivity contribution in [2.24, 2.45) is 5.73 Å². The number of hydrogen-bond acceptors (Lipinski definition) is 3. The van der Waals surface area contributed by atoms with Crippen molar-refractivity contribution in [2.45, 2.75) is 38.4 Å². The van der Waals surface area contributed by atoms with Crippen LogP contribution in [0.3, 0.4) is 0 Å². The average Bonchev–Trinajstić information content (AvgIpc) is 2.42. The minimum absolute atomic E-state index is 0.0867. The predicted molar refractivity (Wildman–Crippen MR) is 76.2 cm³/mol. The molecular formula is C15H17F3N2O3. The minimum Gasteiger partial charge on any atom is -0.368 e. The zero-order chi connectivity index (χ0) is 17.6. The number of primary amides is 1. The van der Waals surface area contributed by atoms with Crippen LogP contribution in [0.25, 0.3) is 0 Å². The number of amides is 2.